The van der Waals surface area contributed by atoms with Crippen LogP contribution < -0.4 is 0 Å². The first-order valence-electron chi connectivity index (χ1n) is 10.5. The van der Waals surface area contributed by atoms with Gasteiger partial charge in [0.05, 0.1) is 18.3 Å². The zero-order valence-corrected chi connectivity index (χ0v) is 15.2. The van der Waals surface area contributed by atoms with Crippen molar-refractivity contribution in [1.29, 1.82) is 0 Å². The molecule has 0 radical (unpaired) electrons. The van der Waals surface area contributed by atoms with E-state index in [-0.39, 0.29) is 17.5 Å². The van der Waals surface area contributed by atoms with Crippen molar-refractivity contribution < 1.29 is 14.6 Å². The average Bonchev–Trinajstić information content (AvgIpc) is 3.11. The van der Waals surface area contributed by atoms with Crippen molar-refractivity contribution in [3.63, 3.8) is 0 Å². The lowest BCUT2D eigenvalue weighted by atomic mass is 9.43. The largest absolute Gasteiger partial charge is 0.393 e. The Hall–Kier alpha value is -0.120. The predicted molar refractivity (Wildman–Crippen MR) is 90.2 cm³/mol. The minimum atomic E-state index is -0.284. The molecule has 6 fully saturated rings. The molecular weight excluding hydrogens is 300 g/mol. The molecule has 0 aromatic heterocycles. The number of aliphatic hydroxyl groups is 1. The maximum atomic E-state index is 10.2. The minimum Gasteiger partial charge on any atom is -0.393 e. The topological polar surface area (TPSA) is 38.7 Å². The predicted octanol–water partition coefficient (Wildman–Crippen LogP) is 3.89. The highest BCUT2D eigenvalue weighted by Gasteiger charge is 2.81. The van der Waals surface area contributed by atoms with Gasteiger partial charge in [-0.2, -0.15) is 0 Å². The van der Waals surface area contributed by atoms with Crippen LogP contribution in [-0.4, -0.2) is 29.2 Å². The van der Waals surface area contributed by atoms with Crippen LogP contribution in [-0.2, 0) is 9.47 Å². The zero-order valence-electron chi connectivity index (χ0n) is 15.2. The highest BCUT2D eigenvalue weighted by atomic mass is 16.7. The van der Waals surface area contributed by atoms with Crippen molar-refractivity contribution in [2.75, 3.05) is 6.61 Å². The lowest BCUT2D eigenvalue weighted by molar-refractivity contribution is -0.332. The van der Waals surface area contributed by atoms with E-state index in [0.29, 0.717) is 16.7 Å². The molecule has 1 spiro atoms. The molecule has 3 heteroatoms. The fraction of sp³-hybridized carbons (Fsp3) is 1.00. The van der Waals surface area contributed by atoms with Gasteiger partial charge in [0.2, 0.25) is 0 Å². The lowest BCUT2D eigenvalue weighted by Gasteiger charge is -2.64. The van der Waals surface area contributed by atoms with E-state index in [4.69, 9.17) is 9.47 Å². The van der Waals surface area contributed by atoms with Crippen LogP contribution in [0.3, 0.4) is 0 Å². The maximum absolute atomic E-state index is 10.2. The highest BCUT2D eigenvalue weighted by Crippen LogP contribution is 2.78. The van der Waals surface area contributed by atoms with Crippen molar-refractivity contribution in [2.24, 2.45) is 34.5 Å². The molecule has 0 amide bonds. The summed E-state index contributed by atoms with van der Waals surface area (Å²) >= 11 is 0. The zero-order chi connectivity index (χ0) is 16.4. The van der Waals surface area contributed by atoms with Gasteiger partial charge in [0.15, 0.2) is 5.79 Å². The molecule has 2 saturated heterocycles. The van der Waals surface area contributed by atoms with Crippen molar-refractivity contribution in [1.82, 2.24) is 0 Å². The second kappa shape index (κ2) is 4.23. The summed E-state index contributed by atoms with van der Waals surface area (Å²) in [5.74, 6) is 2.63. The molecule has 24 heavy (non-hydrogen) atoms. The van der Waals surface area contributed by atoms with Gasteiger partial charge in [0, 0.05) is 11.3 Å². The van der Waals surface area contributed by atoms with Crippen molar-refractivity contribution in [3.05, 3.63) is 0 Å². The van der Waals surface area contributed by atoms with Gasteiger partial charge >= 0.3 is 0 Å². The van der Waals surface area contributed by atoms with E-state index in [1.54, 1.807) is 0 Å². The molecule has 6 rings (SSSR count). The Kier molecular flexibility index (Phi) is 2.64. The summed E-state index contributed by atoms with van der Waals surface area (Å²) in [7, 11) is 0. The van der Waals surface area contributed by atoms with Crippen LogP contribution in [0.25, 0.3) is 0 Å². The molecule has 4 aliphatic carbocycles. The fourth-order valence-corrected chi connectivity index (χ4v) is 9.12. The van der Waals surface area contributed by atoms with E-state index in [9.17, 15) is 5.11 Å². The van der Waals surface area contributed by atoms with Crippen molar-refractivity contribution >= 4 is 0 Å². The van der Waals surface area contributed by atoms with E-state index < -0.39 is 0 Å². The third kappa shape index (κ3) is 1.39. The van der Waals surface area contributed by atoms with E-state index in [0.717, 1.165) is 37.2 Å². The maximum Gasteiger partial charge on any atom is 0.169 e. The number of fused-ring (bicyclic) bond motifs is 3. The summed E-state index contributed by atoms with van der Waals surface area (Å²) in [5.41, 5.74) is 0.890. The van der Waals surface area contributed by atoms with E-state index in [2.05, 4.69) is 13.8 Å². The van der Waals surface area contributed by atoms with Crippen LogP contribution in [0.4, 0.5) is 0 Å². The molecule has 9 atom stereocenters. The first kappa shape index (κ1) is 15.0. The van der Waals surface area contributed by atoms with Crippen molar-refractivity contribution in [3.8, 4) is 0 Å². The molecule has 0 unspecified atom stereocenters. The molecule has 1 N–H and O–H groups in total. The smallest absolute Gasteiger partial charge is 0.169 e. The SMILES string of the molecule is C[C@@]12OC[C@]34CC[C@H]5[C@@H](CC[C@H]6C[C@@H](O)CC[C@@]65C)[C@]3(CC[C@H]14)O2. The third-order valence-electron chi connectivity index (χ3n) is 10.1. The van der Waals surface area contributed by atoms with Gasteiger partial charge in [-0.05, 0) is 87.9 Å². The summed E-state index contributed by atoms with van der Waals surface area (Å²) < 4.78 is 13.1. The quantitative estimate of drug-likeness (QED) is 0.731. The summed E-state index contributed by atoms with van der Waals surface area (Å²) in [6.45, 7) is 5.74. The molecule has 2 heterocycles. The molecule has 3 nitrogen and oxygen atoms in total. The molecule has 134 valence electrons. The lowest BCUT2D eigenvalue weighted by Crippen LogP contribution is -2.64. The van der Waals surface area contributed by atoms with Crippen molar-refractivity contribution in [2.45, 2.75) is 89.1 Å². The highest BCUT2D eigenvalue weighted by molar-refractivity contribution is 5.26. The molecule has 6 aliphatic rings. The molecule has 4 bridgehead atoms. The summed E-state index contributed by atoms with van der Waals surface area (Å²) in [6, 6.07) is 0. The summed E-state index contributed by atoms with van der Waals surface area (Å²) in [4.78, 5) is 0. The molecule has 0 aromatic carbocycles. The number of hydrogen-bond donors (Lipinski definition) is 1. The first-order valence-corrected chi connectivity index (χ1v) is 10.5. The van der Waals surface area contributed by atoms with Gasteiger partial charge in [0.25, 0.3) is 0 Å². The molecular formula is C21H32O3. The number of ether oxygens (including phenoxy) is 2. The van der Waals surface area contributed by atoms with Gasteiger partial charge in [0.1, 0.15) is 0 Å². The van der Waals surface area contributed by atoms with Crippen LogP contribution >= 0.6 is 0 Å². The Morgan fingerprint density at radius 1 is 0.917 bits per heavy atom. The first-order chi connectivity index (χ1) is 11.4. The van der Waals surface area contributed by atoms with Gasteiger partial charge in [-0.15, -0.1) is 0 Å². The minimum absolute atomic E-state index is 0.0466. The van der Waals surface area contributed by atoms with E-state index in [1.807, 2.05) is 0 Å². The van der Waals surface area contributed by atoms with Crippen LogP contribution in [0.5, 0.6) is 0 Å². The Morgan fingerprint density at radius 3 is 2.67 bits per heavy atom. The Bertz CT molecular complexity index is 592. The number of aliphatic hydroxyl groups excluding tert-OH is 1. The fourth-order valence-electron chi connectivity index (χ4n) is 9.12. The molecule has 4 saturated carbocycles. The van der Waals surface area contributed by atoms with Gasteiger partial charge in [-0.1, -0.05) is 6.92 Å². The molecule has 0 aromatic rings. The number of rotatable bonds is 0. The standard InChI is InChI=1S/C21H32O3/c1-18-8-5-14(22)11-13(18)3-4-16-15(18)6-9-20-12-23-19(2)17(20)7-10-21(16,20)24-19/h13-17,22H,3-12H2,1-2H3/t13-,14-,15-,16+,17+,18-,19-,20-,21-/m0/s1. The van der Waals surface area contributed by atoms with Crippen LogP contribution in [0.2, 0.25) is 0 Å². The Balaban J connectivity index is 1.42. The van der Waals surface area contributed by atoms with Gasteiger partial charge < -0.3 is 14.6 Å². The van der Waals surface area contributed by atoms with Gasteiger partial charge in [-0.25, -0.2) is 0 Å². The normalized spacial score (nSPS) is 66.9. The molecule has 2 aliphatic heterocycles. The number of hydrogen-bond acceptors (Lipinski definition) is 3. The summed E-state index contributed by atoms with van der Waals surface area (Å²) in [6.07, 6.45) is 11.1. The third-order valence-corrected chi connectivity index (χ3v) is 10.1. The second-order valence-corrected chi connectivity index (χ2v) is 10.5. The Labute approximate surface area is 145 Å². The van der Waals surface area contributed by atoms with Gasteiger partial charge in [-0.3, -0.25) is 0 Å². The van der Waals surface area contributed by atoms with E-state index >= 15 is 0 Å². The van der Waals surface area contributed by atoms with Crippen LogP contribution in [0, 0.1) is 34.5 Å². The monoisotopic (exact) mass is 332 g/mol. The van der Waals surface area contributed by atoms with Crippen LogP contribution in [0.1, 0.15) is 71.6 Å². The van der Waals surface area contributed by atoms with Crippen LogP contribution in [0.15, 0.2) is 0 Å². The van der Waals surface area contributed by atoms with E-state index in [1.165, 1.54) is 44.9 Å². The Morgan fingerprint density at radius 2 is 1.79 bits per heavy atom. The summed E-state index contributed by atoms with van der Waals surface area (Å²) in [5, 5.41) is 10.2. The average molecular weight is 332 g/mol. The second-order valence-electron chi connectivity index (χ2n) is 10.5.